The number of nitrogens with one attached hydrogen (secondary N) is 4. The molecule has 0 unspecified atom stereocenters. The number of carbonyl (C=O) groups excluding carboxylic acids is 5. The number of hydrogen-bond donors (Lipinski definition) is 4. The Kier molecular flexibility index (Phi) is 10.5. The van der Waals surface area contributed by atoms with Crippen LogP contribution in [0.25, 0.3) is 5.69 Å². The summed E-state index contributed by atoms with van der Waals surface area (Å²) in [6, 6.07) is 4.06. The minimum atomic E-state index is -3.90. The number of sulfonamides is 1. The summed E-state index contributed by atoms with van der Waals surface area (Å²) in [6.45, 7) is 5.10. The maximum Gasteiger partial charge on any atom is 0.408 e. The van der Waals surface area contributed by atoms with Crippen LogP contribution in [0.2, 0.25) is 0 Å². The van der Waals surface area contributed by atoms with E-state index >= 15 is 0 Å². The standard InChI is InChI=1S/C36H47N7O8S/c1-35(2,3)51-34(48)39-28-10-8-6-4-5-7-9-24-20-36(24,33(47)41-52(49,50)27-15-16-27)40-31(45)29-19-25(21-43(29)32(28)46)38-30(44)23-11-13-26(14-12-23)42-18-17-37-22-42/h7,9,11-14,17-18,22,24-25,27-29H,4-6,8,10,15-16,19-21H2,1-3H3,(H,38,44)(H,39,48)(H,40,45)(H,41,47)/b9-7-/t24-,25+,28-,29-,36+/m0/s1. The van der Waals surface area contributed by atoms with Crippen molar-refractivity contribution in [3.05, 3.63) is 60.7 Å². The number of rotatable bonds is 7. The molecular weight excluding hydrogens is 691 g/mol. The van der Waals surface area contributed by atoms with Gasteiger partial charge in [0.1, 0.15) is 23.2 Å². The van der Waals surface area contributed by atoms with E-state index in [-0.39, 0.29) is 19.4 Å². The predicted molar refractivity (Wildman–Crippen MR) is 189 cm³/mol. The van der Waals surface area contributed by atoms with Crippen LogP contribution < -0.4 is 20.7 Å². The molecular formula is C36H47N7O8S. The van der Waals surface area contributed by atoms with Crippen LogP contribution in [0.1, 0.15) is 88.9 Å². The van der Waals surface area contributed by atoms with Gasteiger partial charge in [0.2, 0.25) is 21.8 Å². The molecule has 3 fully saturated rings. The summed E-state index contributed by atoms with van der Waals surface area (Å²) < 4.78 is 35.0. The Bertz CT molecular complexity index is 1820. The molecule has 16 heteroatoms. The van der Waals surface area contributed by atoms with Crippen molar-refractivity contribution in [1.29, 1.82) is 0 Å². The number of carbonyl (C=O) groups is 5. The molecule has 2 saturated carbocycles. The number of imidazole rings is 1. The number of ether oxygens (including phenoxy) is 1. The van der Waals surface area contributed by atoms with Gasteiger partial charge in [-0.05, 0) is 90.0 Å². The lowest BCUT2D eigenvalue weighted by Gasteiger charge is -2.30. The lowest BCUT2D eigenvalue weighted by atomic mass is 10.0. The van der Waals surface area contributed by atoms with E-state index in [4.69, 9.17) is 4.74 Å². The maximum atomic E-state index is 14.3. The Labute approximate surface area is 303 Å². The van der Waals surface area contributed by atoms with Crippen LogP contribution >= 0.6 is 0 Å². The largest absolute Gasteiger partial charge is 0.444 e. The molecule has 0 bridgehead atoms. The molecule has 1 aromatic heterocycles. The van der Waals surface area contributed by atoms with Crippen molar-refractivity contribution in [1.82, 2.24) is 35.1 Å². The third-order valence-electron chi connectivity index (χ3n) is 9.84. The molecule has 4 N–H and O–H groups in total. The first-order chi connectivity index (χ1) is 24.6. The van der Waals surface area contributed by atoms with Crippen molar-refractivity contribution in [2.45, 2.75) is 113 Å². The van der Waals surface area contributed by atoms with Gasteiger partial charge in [-0.3, -0.25) is 23.9 Å². The Morgan fingerprint density at radius 1 is 1.02 bits per heavy atom. The average Bonchev–Trinajstić information content (AvgIpc) is 3.94. The van der Waals surface area contributed by atoms with Gasteiger partial charge in [-0.15, -0.1) is 0 Å². The molecule has 1 aromatic carbocycles. The van der Waals surface area contributed by atoms with Gasteiger partial charge in [0.25, 0.3) is 11.8 Å². The van der Waals surface area contributed by atoms with Gasteiger partial charge in [-0.2, -0.15) is 0 Å². The van der Waals surface area contributed by atoms with Gasteiger partial charge in [0.15, 0.2) is 0 Å². The summed E-state index contributed by atoms with van der Waals surface area (Å²) >= 11 is 0. The Morgan fingerprint density at radius 2 is 1.77 bits per heavy atom. The number of allylic oxidation sites excluding steroid dienone is 1. The molecule has 2 aromatic rings. The van der Waals surface area contributed by atoms with Crippen molar-refractivity contribution in [3.63, 3.8) is 0 Å². The molecule has 15 nitrogen and oxygen atoms in total. The first kappa shape index (κ1) is 37.0. The van der Waals surface area contributed by atoms with Gasteiger partial charge < -0.3 is 30.2 Å². The minimum absolute atomic E-state index is 0.0220. The fourth-order valence-electron chi connectivity index (χ4n) is 6.82. The zero-order valence-corrected chi connectivity index (χ0v) is 30.5. The van der Waals surface area contributed by atoms with E-state index in [1.54, 1.807) is 68.3 Å². The topological polar surface area (TPSA) is 198 Å². The molecule has 5 atom stereocenters. The normalized spacial score (nSPS) is 27.5. The summed E-state index contributed by atoms with van der Waals surface area (Å²) in [5.74, 6) is -2.84. The third-order valence-corrected chi connectivity index (χ3v) is 11.7. The number of amides is 5. The molecule has 5 amide bonds. The molecule has 52 heavy (non-hydrogen) atoms. The molecule has 4 aliphatic rings. The van der Waals surface area contributed by atoms with E-state index in [0.29, 0.717) is 37.7 Å². The van der Waals surface area contributed by atoms with Crippen LogP contribution in [0.15, 0.2) is 55.1 Å². The van der Waals surface area contributed by atoms with Crippen molar-refractivity contribution in [3.8, 4) is 5.69 Å². The summed E-state index contributed by atoms with van der Waals surface area (Å²) in [7, 11) is -3.90. The molecule has 2 aliphatic heterocycles. The van der Waals surface area contributed by atoms with Crippen LogP contribution in [0.3, 0.4) is 0 Å². The van der Waals surface area contributed by atoms with Crippen molar-refractivity contribution in [2.24, 2.45) is 5.92 Å². The minimum Gasteiger partial charge on any atom is -0.444 e. The maximum absolute atomic E-state index is 14.3. The van der Waals surface area contributed by atoms with E-state index in [0.717, 1.165) is 18.5 Å². The average molecular weight is 738 g/mol. The summed E-state index contributed by atoms with van der Waals surface area (Å²) in [6.07, 6.45) is 12.3. The fraction of sp³-hybridized carbons (Fsp3) is 0.556. The quantitative estimate of drug-likeness (QED) is 0.309. The Hall–Kier alpha value is -4.73. The predicted octanol–water partition coefficient (Wildman–Crippen LogP) is 2.47. The van der Waals surface area contributed by atoms with E-state index < -0.39 is 80.2 Å². The molecule has 280 valence electrons. The summed E-state index contributed by atoms with van der Waals surface area (Å²) in [4.78, 5) is 73.9. The van der Waals surface area contributed by atoms with E-state index in [9.17, 15) is 32.4 Å². The number of benzene rings is 1. The third kappa shape index (κ3) is 8.65. The van der Waals surface area contributed by atoms with Gasteiger partial charge in [0, 0.05) is 42.1 Å². The highest BCUT2D eigenvalue weighted by Gasteiger charge is 2.62. The lowest BCUT2D eigenvalue weighted by molar-refractivity contribution is -0.141. The number of nitrogens with zero attached hydrogens (tertiary/aromatic N) is 3. The van der Waals surface area contributed by atoms with E-state index in [2.05, 4.69) is 25.7 Å². The Morgan fingerprint density at radius 3 is 2.44 bits per heavy atom. The fourth-order valence-corrected chi connectivity index (χ4v) is 8.18. The highest BCUT2D eigenvalue weighted by molar-refractivity contribution is 7.91. The van der Waals surface area contributed by atoms with Crippen LogP contribution in [-0.2, 0) is 29.1 Å². The van der Waals surface area contributed by atoms with Crippen LogP contribution in [0.4, 0.5) is 4.79 Å². The second-order valence-corrected chi connectivity index (χ2v) is 17.1. The smallest absolute Gasteiger partial charge is 0.408 e. The second kappa shape index (κ2) is 14.7. The summed E-state index contributed by atoms with van der Waals surface area (Å²) in [5.41, 5.74) is -1.15. The van der Waals surface area contributed by atoms with Crippen LogP contribution in [-0.4, -0.2) is 93.7 Å². The number of alkyl carbamates (subject to hydrolysis) is 1. The Balaban J connectivity index is 1.25. The van der Waals surface area contributed by atoms with Crippen LogP contribution in [0.5, 0.6) is 0 Å². The van der Waals surface area contributed by atoms with Gasteiger partial charge in [-0.25, -0.2) is 18.2 Å². The monoisotopic (exact) mass is 737 g/mol. The molecule has 0 radical (unpaired) electrons. The first-order valence-corrected chi connectivity index (χ1v) is 19.4. The molecule has 3 heterocycles. The number of fused-ring (bicyclic) bond motifs is 2. The van der Waals surface area contributed by atoms with Gasteiger partial charge in [0.05, 0.1) is 11.6 Å². The first-order valence-electron chi connectivity index (χ1n) is 17.9. The van der Waals surface area contributed by atoms with E-state index in [1.807, 2.05) is 12.2 Å². The molecule has 2 aliphatic carbocycles. The SMILES string of the molecule is CC(C)(C)OC(=O)N[C@H]1CCCCC/C=C\[C@H]2C[C@@]2(C(=O)NS(=O)(=O)C2CC2)NC(=O)[C@@H]2C[C@@H](NC(=O)c3ccc(-n4ccnc4)cc3)CN2C1=O. The zero-order valence-electron chi connectivity index (χ0n) is 29.7. The summed E-state index contributed by atoms with van der Waals surface area (Å²) in [5, 5.41) is 7.85. The lowest BCUT2D eigenvalue weighted by Crippen LogP contribution is -2.58. The number of aromatic nitrogens is 2. The van der Waals surface area contributed by atoms with Crippen LogP contribution in [0, 0.1) is 5.92 Å². The number of hydrogen-bond acceptors (Lipinski definition) is 9. The molecule has 0 spiro atoms. The highest BCUT2D eigenvalue weighted by Crippen LogP contribution is 2.46. The van der Waals surface area contributed by atoms with Crippen molar-refractivity contribution in [2.75, 3.05) is 6.54 Å². The second-order valence-electron chi connectivity index (χ2n) is 15.1. The van der Waals surface area contributed by atoms with Crippen molar-refractivity contribution < 1.29 is 37.1 Å². The molecule has 6 rings (SSSR count). The highest BCUT2D eigenvalue weighted by atomic mass is 32.2. The molecule has 1 saturated heterocycles. The van der Waals surface area contributed by atoms with E-state index in [1.165, 1.54) is 4.90 Å². The van der Waals surface area contributed by atoms with Gasteiger partial charge >= 0.3 is 6.09 Å². The van der Waals surface area contributed by atoms with Crippen molar-refractivity contribution >= 4 is 39.7 Å². The zero-order chi connectivity index (χ0) is 37.3. The van der Waals surface area contributed by atoms with Gasteiger partial charge in [-0.1, -0.05) is 25.0 Å².